The third-order valence-corrected chi connectivity index (χ3v) is 2.75. The van der Waals surface area contributed by atoms with Gasteiger partial charge < -0.3 is 4.74 Å². The number of benzene rings is 1. The number of hydrogen-bond acceptors (Lipinski definition) is 2. The minimum atomic E-state index is 0.295. The zero-order valence-electron chi connectivity index (χ0n) is 10.9. The topological polar surface area (TPSA) is 21.6 Å². The zero-order chi connectivity index (χ0) is 12.7. The van der Waals surface area contributed by atoms with Crippen molar-refractivity contribution in [3.8, 4) is 0 Å². The van der Waals surface area contributed by atoms with Gasteiger partial charge in [-0.2, -0.15) is 0 Å². The molecule has 1 aliphatic heterocycles. The van der Waals surface area contributed by atoms with Gasteiger partial charge in [-0.3, -0.25) is 0 Å². The molecule has 1 aromatic carbocycles. The van der Waals surface area contributed by atoms with Gasteiger partial charge in [0.15, 0.2) is 0 Å². The van der Waals surface area contributed by atoms with E-state index >= 15 is 0 Å². The molecule has 0 fully saturated rings. The van der Waals surface area contributed by atoms with Crippen LogP contribution in [0.15, 0.2) is 29.3 Å². The van der Waals surface area contributed by atoms with Crippen molar-refractivity contribution in [2.24, 2.45) is 4.99 Å². The van der Waals surface area contributed by atoms with Crippen LogP contribution >= 0.6 is 9.24 Å². The maximum absolute atomic E-state index is 5.58. The van der Waals surface area contributed by atoms with Crippen LogP contribution < -0.4 is 0 Å². The molecular formula is C14H22NOP. The van der Waals surface area contributed by atoms with E-state index in [0.717, 1.165) is 24.0 Å². The fourth-order valence-electron chi connectivity index (χ4n) is 1.72. The molecule has 17 heavy (non-hydrogen) atoms. The van der Waals surface area contributed by atoms with Crippen LogP contribution in [0.5, 0.6) is 0 Å². The highest BCUT2D eigenvalue weighted by atomic mass is 31.0. The first-order valence-corrected chi connectivity index (χ1v) is 7.12. The van der Waals surface area contributed by atoms with Crippen molar-refractivity contribution < 1.29 is 4.74 Å². The first-order valence-electron chi connectivity index (χ1n) is 6.30. The third-order valence-electron chi connectivity index (χ3n) is 2.46. The zero-order valence-corrected chi connectivity index (χ0v) is 12.1. The molecule has 3 heteroatoms. The summed E-state index contributed by atoms with van der Waals surface area (Å²) in [6, 6.07) is 8.64. The Bertz CT molecular complexity index is 376. The van der Waals surface area contributed by atoms with Crippen LogP contribution in [0.2, 0.25) is 0 Å². The molecule has 0 N–H and O–H groups in total. The van der Waals surface area contributed by atoms with Crippen LogP contribution in [-0.4, -0.2) is 24.7 Å². The van der Waals surface area contributed by atoms with Crippen LogP contribution in [0.1, 0.15) is 31.9 Å². The van der Waals surface area contributed by atoms with Crippen molar-refractivity contribution in [3.63, 3.8) is 0 Å². The summed E-state index contributed by atoms with van der Waals surface area (Å²) in [6.45, 7) is 6.79. The van der Waals surface area contributed by atoms with Crippen LogP contribution in [0.25, 0.3) is 0 Å². The van der Waals surface area contributed by atoms with Crippen molar-refractivity contribution in [2.75, 3.05) is 12.8 Å². The molecule has 94 valence electrons. The smallest absolute Gasteiger partial charge is 0.216 e. The summed E-state index contributed by atoms with van der Waals surface area (Å²) in [4.78, 5) is 4.49. The molecule has 2 atom stereocenters. The first-order chi connectivity index (χ1) is 8.31. The van der Waals surface area contributed by atoms with E-state index in [9.17, 15) is 0 Å². The third kappa shape index (κ3) is 3.81. The van der Waals surface area contributed by atoms with Crippen molar-refractivity contribution in [3.05, 3.63) is 35.4 Å². The van der Waals surface area contributed by atoms with Gasteiger partial charge in [-0.05, 0) is 31.1 Å². The quantitative estimate of drug-likeness (QED) is 0.755. The standard InChI is InChI=1S/C12H16NOP.C2H6/c1-9-8-14-12(13-9)11-5-3-2-4-10(11)6-7-15;1-2/h2-5,9H,6-8,15H2,1H3;1-2H3/t9-;/m0./s1. The largest absolute Gasteiger partial charge is 0.475 e. The van der Waals surface area contributed by atoms with E-state index in [1.807, 2.05) is 19.9 Å². The Morgan fingerprint density at radius 2 is 2.06 bits per heavy atom. The highest BCUT2D eigenvalue weighted by Crippen LogP contribution is 2.17. The minimum absolute atomic E-state index is 0.295. The number of hydrogen-bond donors (Lipinski definition) is 0. The fraction of sp³-hybridized carbons (Fsp3) is 0.500. The molecule has 0 amide bonds. The van der Waals surface area contributed by atoms with E-state index in [4.69, 9.17) is 4.74 Å². The molecule has 0 aromatic heterocycles. The molecule has 0 spiro atoms. The minimum Gasteiger partial charge on any atom is -0.475 e. The summed E-state index contributed by atoms with van der Waals surface area (Å²) in [5.41, 5.74) is 2.48. The number of rotatable bonds is 3. The maximum atomic E-state index is 5.58. The second-order valence-electron chi connectivity index (χ2n) is 3.79. The molecular weight excluding hydrogens is 229 g/mol. The van der Waals surface area contributed by atoms with Crippen LogP contribution in [0, 0.1) is 0 Å². The lowest BCUT2D eigenvalue weighted by atomic mass is 10.1. The normalized spacial score (nSPS) is 17.9. The molecule has 2 rings (SSSR count). The van der Waals surface area contributed by atoms with Gasteiger partial charge in [-0.1, -0.05) is 32.0 Å². The highest BCUT2D eigenvalue weighted by molar-refractivity contribution is 7.16. The van der Waals surface area contributed by atoms with E-state index in [2.05, 4.69) is 39.4 Å². The monoisotopic (exact) mass is 251 g/mol. The number of aliphatic imine (C=N–C) groups is 1. The van der Waals surface area contributed by atoms with E-state index < -0.39 is 0 Å². The van der Waals surface area contributed by atoms with Crippen molar-refractivity contribution >= 4 is 15.1 Å². The van der Waals surface area contributed by atoms with E-state index in [1.54, 1.807) is 0 Å². The summed E-state index contributed by atoms with van der Waals surface area (Å²) in [6.07, 6.45) is 2.12. The molecule has 0 saturated heterocycles. The summed E-state index contributed by atoms with van der Waals surface area (Å²) < 4.78 is 5.58. The van der Waals surface area contributed by atoms with Gasteiger partial charge in [0, 0.05) is 5.56 Å². The second-order valence-corrected chi connectivity index (χ2v) is 4.37. The van der Waals surface area contributed by atoms with E-state index in [1.165, 1.54) is 5.56 Å². The Labute approximate surface area is 107 Å². The predicted molar refractivity (Wildman–Crippen MR) is 78.0 cm³/mol. The van der Waals surface area contributed by atoms with Crippen molar-refractivity contribution in [2.45, 2.75) is 33.2 Å². The highest BCUT2D eigenvalue weighted by Gasteiger charge is 2.17. The van der Waals surface area contributed by atoms with Crippen LogP contribution in [-0.2, 0) is 11.2 Å². The fourth-order valence-corrected chi connectivity index (χ4v) is 2.03. The van der Waals surface area contributed by atoms with Crippen molar-refractivity contribution in [1.29, 1.82) is 0 Å². The number of nitrogens with zero attached hydrogens (tertiary/aromatic N) is 1. The number of ether oxygens (including phenoxy) is 1. The molecule has 1 aromatic rings. The van der Waals surface area contributed by atoms with Crippen LogP contribution in [0.4, 0.5) is 0 Å². The lowest BCUT2D eigenvalue weighted by Crippen LogP contribution is -2.05. The van der Waals surface area contributed by atoms with E-state index in [-0.39, 0.29) is 0 Å². The molecule has 2 nitrogen and oxygen atoms in total. The molecule has 1 aliphatic rings. The molecule has 0 saturated carbocycles. The average Bonchev–Trinajstić information content (AvgIpc) is 2.79. The molecule has 0 aliphatic carbocycles. The first kappa shape index (κ1) is 14.2. The Hall–Kier alpha value is -0.880. The molecule has 1 heterocycles. The summed E-state index contributed by atoms with van der Waals surface area (Å²) >= 11 is 0. The predicted octanol–water partition coefficient (Wildman–Crippen LogP) is 3.30. The Kier molecular flexibility index (Phi) is 6.21. The Balaban J connectivity index is 0.000000686. The Morgan fingerprint density at radius 1 is 1.35 bits per heavy atom. The summed E-state index contributed by atoms with van der Waals surface area (Å²) in [5, 5.41) is 0. The van der Waals surface area contributed by atoms with E-state index in [0.29, 0.717) is 12.6 Å². The molecule has 0 bridgehead atoms. The van der Waals surface area contributed by atoms with Gasteiger partial charge in [0.05, 0.1) is 6.04 Å². The average molecular weight is 251 g/mol. The van der Waals surface area contributed by atoms with Gasteiger partial charge in [-0.15, -0.1) is 9.24 Å². The molecule has 1 unspecified atom stereocenters. The van der Waals surface area contributed by atoms with Crippen molar-refractivity contribution in [1.82, 2.24) is 0 Å². The second kappa shape index (κ2) is 7.45. The summed E-state index contributed by atoms with van der Waals surface area (Å²) in [7, 11) is 2.76. The van der Waals surface area contributed by atoms with Crippen LogP contribution in [0.3, 0.4) is 0 Å². The Morgan fingerprint density at radius 3 is 2.65 bits per heavy atom. The molecule has 0 radical (unpaired) electrons. The lowest BCUT2D eigenvalue weighted by molar-refractivity contribution is 0.324. The van der Waals surface area contributed by atoms with Gasteiger partial charge in [0.25, 0.3) is 0 Å². The lowest BCUT2D eigenvalue weighted by Gasteiger charge is -2.07. The van der Waals surface area contributed by atoms with Gasteiger partial charge in [0.1, 0.15) is 6.61 Å². The van der Waals surface area contributed by atoms with Gasteiger partial charge in [-0.25, -0.2) is 4.99 Å². The van der Waals surface area contributed by atoms with Gasteiger partial charge >= 0.3 is 0 Å². The van der Waals surface area contributed by atoms with Gasteiger partial charge in [0.2, 0.25) is 5.90 Å². The number of aryl methyl sites for hydroxylation is 1. The maximum Gasteiger partial charge on any atom is 0.216 e. The summed E-state index contributed by atoms with van der Waals surface area (Å²) in [5.74, 6) is 0.816. The SMILES string of the molecule is CC.C[C@H]1COC(c2ccccc2CCP)=N1.